The molecule has 7 heteroatoms. The maximum Gasteiger partial charge on any atom is 0.271 e. The van der Waals surface area contributed by atoms with E-state index in [2.05, 4.69) is 15.6 Å². The lowest BCUT2D eigenvalue weighted by Gasteiger charge is -2.10. The van der Waals surface area contributed by atoms with Gasteiger partial charge in [0.25, 0.3) is 11.6 Å². The molecule has 0 atom stereocenters. The Morgan fingerprint density at radius 1 is 0.897 bits per heavy atom. The van der Waals surface area contributed by atoms with Crippen molar-refractivity contribution in [2.24, 2.45) is 0 Å². The molecule has 0 unspecified atom stereocenters. The number of nitro benzene ring substituents is 1. The molecule has 2 N–H and O–H groups in total. The molecule has 4 aromatic rings. The number of para-hydroxylation sites is 1. The minimum Gasteiger partial charge on any atom is -0.355 e. The molecule has 0 spiro atoms. The summed E-state index contributed by atoms with van der Waals surface area (Å²) in [6.45, 7) is 0. The summed E-state index contributed by atoms with van der Waals surface area (Å²) in [5.41, 5.74) is 3.35. The van der Waals surface area contributed by atoms with Crippen LogP contribution in [0.3, 0.4) is 0 Å². The van der Waals surface area contributed by atoms with E-state index in [1.807, 2.05) is 30.3 Å². The Balaban J connectivity index is 1.53. The van der Waals surface area contributed by atoms with Crippen molar-refractivity contribution in [3.8, 4) is 0 Å². The number of non-ortho nitro benzene ring substituents is 1. The van der Waals surface area contributed by atoms with Gasteiger partial charge in [-0.05, 0) is 48.5 Å². The summed E-state index contributed by atoms with van der Waals surface area (Å²) in [5.74, 6) is -0.190. The number of hydrogen-bond donors (Lipinski definition) is 2. The van der Waals surface area contributed by atoms with Crippen molar-refractivity contribution in [2.75, 3.05) is 10.6 Å². The fraction of sp³-hybridized carbons (Fsp3) is 0. The highest BCUT2D eigenvalue weighted by atomic mass is 16.6. The molecule has 0 saturated heterocycles. The van der Waals surface area contributed by atoms with Gasteiger partial charge in [0, 0.05) is 46.3 Å². The second-order valence-corrected chi connectivity index (χ2v) is 6.34. The van der Waals surface area contributed by atoms with Gasteiger partial charge >= 0.3 is 0 Å². The number of nitro groups is 1. The van der Waals surface area contributed by atoms with Crippen LogP contribution in [0.5, 0.6) is 0 Å². The molecular weight excluding hydrogens is 368 g/mol. The second-order valence-electron chi connectivity index (χ2n) is 6.34. The average Bonchev–Trinajstić information content (AvgIpc) is 2.75. The van der Waals surface area contributed by atoms with Crippen LogP contribution in [0.15, 0.2) is 85.1 Å². The lowest BCUT2D eigenvalue weighted by Crippen LogP contribution is -2.11. The number of carbonyl (C=O) groups excluding carboxylic acids is 1. The predicted molar refractivity (Wildman–Crippen MR) is 113 cm³/mol. The second kappa shape index (κ2) is 7.77. The molecule has 29 heavy (non-hydrogen) atoms. The Morgan fingerprint density at radius 2 is 1.66 bits per heavy atom. The molecule has 0 bridgehead atoms. The van der Waals surface area contributed by atoms with Crippen LogP contribution in [0.1, 0.15) is 10.4 Å². The fourth-order valence-electron chi connectivity index (χ4n) is 2.94. The number of rotatable bonds is 5. The summed E-state index contributed by atoms with van der Waals surface area (Å²) in [7, 11) is 0. The number of fused-ring (bicyclic) bond motifs is 1. The normalized spacial score (nSPS) is 10.5. The third-order valence-electron chi connectivity index (χ3n) is 4.39. The number of aromatic nitrogens is 1. The topological polar surface area (TPSA) is 97.2 Å². The summed E-state index contributed by atoms with van der Waals surface area (Å²) in [6.07, 6.45) is 1.59. The molecule has 0 saturated carbocycles. The highest BCUT2D eigenvalue weighted by Crippen LogP contribution is 2.28. The summed E-state index contributed by atoms with van der Waals surface area (Å²) >= 11 is 0. The van der Waals surface area contributed by atoms with Crippen LogP contribution in [-0.4, -0.2) is 15.8 Å². The van der Waals surface area contributed by atoms with E-state index in [4.69, 9.17) is 0 Å². The SMILES string of the molecule is O=C(Nc1ccccc1)c1ccc(Nc2ccnc3cc([N+](=O)[O-])ccc23)cc1. The molecule has 142 valence electrons. The first-order valence-electron chi connectivity index (χ1n) is 8.87. The average molecular weight is 384 g/mol. The number of anilines is 3. The minimum atomic E-state index is -0.444. The zero-order chi connectivity index (χ0) is 20.2. The number of pyridine rings is 1. The van der Waals surface area contributed by atoms with Crippen LogP contribution in [-0.2, 0) is 0 Å². The van der Waals surface area contributed by atoms with E-state index in [0.29, 0.717) is 11.1 Å². The molecule has 0 fully saturated rings. The van der Waals surface area contributed by atoms with Gasteiger partial charge in [-0.15, -0.1) is 0 Å². The third-order valence-corrected chi connectivity index (χ3v) is 4.39. The summed E-state index contributed by atoms with van der Waals surface area (Å²) in [5, 5.41) is 17.8. The molecule has 0 aliphatic carbocycles. The zero-order valence-electron chi connectivity index (χ0n) is 15.2. The lowest BCUT2D eigenvalue weighted by atomic mass is 10.1. The van der Waals surface area contributed by atoms with Crippen molar-refractivity contribution in [1.82, 2.24) is 4.98 Å². The van der Waals surface area contributed by atoms with E-state index in [1.165, 1.54) is 12.1 Å². The highest BCUT2D eigenvalue weighted by molar-refractivity contribution is 6.04. The Kier molecular flexibility index (Phi) is 4.86. The van der Waals surface area contributed by atoms with Gasteiger partial charge in [-0.25, -0.2) is 0 Å². The van der Waals surface area contributed by atoms with E-state index in [9.17, 15) is 14.9 Å². The van der Waals surface area contributed by atoms with E-state index in [1.54, 1.807) is 42.6 Å². The van der Waals surface area contributed by atoms with Crippen LogP contribution in [0.25, 0.3) is 10.9 Å². The Morgan fingerprint density at radius 3 is 2.38 bits per heavy atom. The molecule has 1 amide bonds. The number of benzene rings is 3. The van der Waals surface area contributed by atoms with Crippen molar-refractivity contribution in [3.05, 3.63) is 101 Å². The predicted octanol–water partition coefficient (Wildman–Crippen LogP) is 5.14. The van der Waals surface area contributed by atoms with E-state index in [-0.39, 0.29) is 11.6 Å². The largest absolute Gasteiger partial charge is 0.355 e. The van der Waals surface area contributed by atoms with Gasteiger partial charge in [-0.1, -0.05) is 18.2 Å². The fourth-order valence-corrected chi connectivity index (χ4v) is 2.94. The van der Waals surface area contributed by atoms with Crippen LogP contribution < -0.4 is 10.6 Å². The van der Waals surface area contributed by atoms with Crippen molar-refractivity contribution in [1.29, 1.82) is 0 Å². The van der Waals surface area contributed by atoms with Gasteiger partial charge in [0.1, 0.15) is 0 Å². The quantitative estimate of drug-likeness (QED) is 0.367. The molecule has 4 rings (SSSR count). The molecule has 1 aromatic heterocycles. The smallest absolute Gasteiger partial charge is 0.271 e. The summed E-state index contributed by atoms with van der Waals surface area (Å²) in [6, 6.07) is 22.7. The van der Waals surface area contributed by atoms with Crippen molar-refractivity contribution < 1.29 is 9.72 Å². The van der Waals surface area contributed by atoms with Gasteiger partial charge in [0.05, 0.1) is 10.4 Å². The molecule has 0 aliphatic heterocycles. The molecule has 3 aromatic carbocycles. The van der Waals surface area contributed by atoms with Gasteiger partial charge in [0.2, 0.25) is 0 Å². The van der Waals surface area contributed by atoms with Gasteiger partial charge in [-0.2, -0.15) is 0 Å². The maximum absolute atomic E-state index is 12.4. The van der Waals surface area contributed by atoms with E-state index < -0.39 is 4.92 Å². The Hall–Kier alpha value is -4.26. The van der Waals surface area contributed by atoms with Gasteiger partial charge in [-0.3, -0.25) is 19.9 Å². The van der Waals surface area contributed by atoms with Crippen LogP contribution >= 0.6 is 0 Å². The maximum atomic E-state index is 12.4. The van der Waals surface area contributed by atoms with Crippen molar-refractivity contribution in [2.45, 2.75) is 0 Å². The van der Waals surface area contributed by atoms with Gasteiger partial charge < -0.3 is 10.6 Å². The molecule has 1 heterocycles. The monoisotopic (exact) mass is 384 g/mol. The van der Waals surface area contributed by atoms with Crippen molar-refractivity contribution >= 4 is 39.6 Å². The number of nitrogens with zero attached hydrogens (tertiary/aromatic N) is 2. The first-order chi connectivity index (χ1) is 14.1. The van der Waals surface area contributed by atoms with E-state index in [0.717, 1.165) is 22.4 Å². The zero-order valence-corrected chi connectivity index (χ0v) is 15.2. The first kappa shape index (κ1) is 18.1. The number of hydrogen-bond acceptors (Lipinski definition) is 5. The minimum absolute atomic E-state index is 0.00377. The van der Waals surface area contributed by atoms with E-state index >= 15 is 0 Å². The summed E-state index contributed by atoms with van der Waals surface area (Å²) in [4.78, 5) is 27.1. The molecule has 0 aliphatic rings. The standard InChI is InChI=1S/C22H16N4O3/c27-22(25-16-4-2-1-3-5-16)15-6-8-17(9-7-15)24-20-12-13-23-21-14-18(26(28)29)10-11-19(20)21/h1-14H,(H,23,24)(H,25,27). The lowest BCUT2D eigenvalue weighted by molar-refractivity contribution is -0.384. The van der Waals surface area contributed by atoms with Crippen LogP contribution in [0.4, 0.5) is 22.7 Å². The third kappa shape index (κ3) is 4.03. The Bertz CT molecular complexity index is 1190. The number of nitrogens with one attached hydrogen (secondary N) is 2. The van der Waals surface area contributed by atoms with Crippen LogP contribution in [0, 0.1) is 10.1 Å². The number of amides is 1. The molecule has 7 nitrogen and oxygen atoms in total. The van der Waals surface area contributed by atoms with Crippen LogP contribution in [0.2, 0.25) is 0 Å². The molecule has 0 radical (unpaired) electrons. The summed E-state index contributed by atoms with van der Waals surface area (Å²) < 4.78 is 0. The van der Waals surface area contributed by atoms with Gasteiger partial charge in [0.15, 0.2) is 0 Å². The molecular formula is C22H16N4O3. The first-order valence-corrected chi connectivity index (χ1v) is 8.87. The number of carbonyl (C=O) groups is 1. The highest BCUT2D eigenvalue weighted by Gasteiger charge is 2.10. The Labute approximate surface area is 166 Å². The van der Waals surface area contributed by atoms with Crippen molar-refractivity contribution in [3.63, 3.8) is 0 Å².